The average molecular weight is 467 g/mol. The van der Waals surface area contributed by atoms with Crippen LogP contribution in [0.2, 0.25) is 0 Å². The molecule has 6 nitrogen and oxygen atoms in total. The maximum Gasteiger partial charge on any atom is 0.239 e. The lowest BCUT2D eigenvalue weighted by Crippen LogP contribution is -2.57. The summed E-state index contributed by atoms with van der Waals surface area (Å²) in [7, 11) is 6.06. The van der Waals surface area contributed by atoms with Crippen LogP contribution >= 0.6 is 24.0 Å². The first-order valence-corrected chi connectivity index (χ1v) is 9.01. The van der Waals surface area contributed by atoms with Crippen molar-refractivity contribution in [1.82, 2.24) is 20.9 Å². The van der Waals surface area contributed by atoms with Gasteiger partial charge in [0.15, 0.2) is 5.96 Å². The molecule has 0 aromatic rings. The lowest BCUT2D eigenvalue weighted by Gasteiger charge is -2.45. The van der Waals surface area contributed by atoms with Crippen LogP contribution in [-0.2, 0) is 4.79 Å². The van der Waals surface area contributed by atoms with E-state index in [1.165, 1.54) is 25.7 Å². The topological polar surface area (TPSA) is 68.8 Å². The minimum absolute atomic E-state index is 0. The molecule has 1 amide bonds. The number of amides is 1. The van der Waals surface area contributed by atoms with Crippen molar-refractivity contribution in [3.05, 3.63) is 0 Å². The number of halogens is 1. The molecule has 2 unspecified atom stereocenters. The van der Waals surface area contributed by atoms with Crippen LogP contribution < -0.4 is 16.0 Å². The molecule has 7 heteroatoms. The second kappa shape index (κ2) is 10.5. The van der Waals surface area contributed by atoms with E-state index in [1.807, 2.05) is 20.8 Å². The van der Waals surface area contributed by atoms with Crippen molar-refractivity contribution < 1.29 is 4.79 Å². The highest BCUT2D eigenvalue weighted by Crippen LogP contribution is 2.35. The van der Waals surface area contributed by atoms with E-state index in [4.69, 9.17) is 0 Å². The highest BCUT2D eigenvalue weighted by molar-refractivity contribution is 14.0. The summed E-state index contributed by atoms with van der Waals surface area (Å²) < 4.78 is 0. The number of rotatable bonds is 5. The van der Waals surface area contributed by atoms with E-state index in [9.17, 15) is 4.79 Å². The fraction of sp³-hybridized carbons (Fsp3) is 0.889. The first kappa shape index (κ1) is 24.4. The Balaban J connectivity index is 0.00000576. The molecule has 0 aliphatic heterocycles. The van der Waals surface area contributed by atoms with Gasteiger partial charge >= 0.3 is 0 Å². The van der Waals surface area contributed by atoms with Crippen LogP contribution in [0.3, 0.4) is 0 Å². The molecule has 1 fully saturated rings. The van der Waals surface area contributed by atoms with E-state index in [0.717, 1.165) is 12.5 Å². The zero-order chi connectivity index (χ0) is 18.4. The highest BCUT2D eigenvalue weighted by atomic mass is 127. The number of nitrogens with one attached hydrogen (secondary N) is 3. The summed E-state index contributed by atoms with van der Waals surface area (Å²) in [5.41, 5.74) is -0.0636. The Morgan fingerprint density at radius 2 is 1.92 bits per heavy atom. The van der Waals surface area contributed by atoms with Crippen molar-refractivity contribution in [2.45, 2.75) is 64.5 Å². The molecule has 0 spiro atoms. The van der Waals surface area contributed by atoms with E-state index < -0.39 is 0 Å². The van der Waals surface area contributed by atoms with Crippen molar-refractivity contribution in [3.8, 4) is 0 Å². The molecule has 0 aromatic heterocycles. The first-order valence-electron chi connectivity index (χ1n) is 9.01. The molecule has 25 heavy (non-hydrogen) atoms. The van der Waals surface area contributed by atoms with Gasteiger partial charge in [-0.25, -0.2) is 0 Å². The number of carbonyl (C=O) groups excluding carboxylic acids is 1. The van der Waals surface area contributed by atoms with Gasteiger partial charge in [-0.3, -0.25) is 9.79 Å². The predicted octanol–water partition coefficient (Wildman–Crippen LogP) is 2.19. The molecule has 0 radical (unpaired) electrons. The van der Waals surface area contributed by atoms with Crippen molar-refractivity contribution in [2.24, 2.45) is 10.9 Å². The number of hydrogen-bond acceptors (Lipinski definition) is 3. The standard InChI is InChI=1S/C18H37N5O.HI/c1-14-9-8-10-18(11-14,23(6)7)13-21-16(19-5)20-12-15(24)22-17(2,3)4;/h14H,8-13H2,1-7H3,(H,22,24)(H2,19,20,21);1H. The fourth-order valence-electron chi connectivity index (χ4n) is 3.45. The molecule has 1 rings (SSSR count). The monoisotopic (exact) mass is 467 g/mol. The quantitative estimate of drug-likeness (QED) is 0.330. The summed E-state index contributed by atoms with van der Waals surface area (Å²) >= 11 is 0. The van der Waals surface area contributed by atoms with Gasteiger partial charge in [-0.15, -0.1) is 24.0 Å². The Labute approximate surface area is 171 Å². The molecule has 0 aromatic carbocycles. The van der Waals surface area contributed by atoms with Crippen LogP contribution in [0, 0.1) is 5.92 Å². The molecule has 0 saturated heterocycles. The number of hydrogen-bond donors (Lipinski definition) is 3. The van der Waals surface area contributed by atoms with E-state index in [2.05, 4.69) is 46.9 Å². The summed E-state index contributed by atoms with van der Waals surface area (Å²) in [6, 6.07) is 0. The predicted molar refractivity (Wildman–Crippen MR) is 117 cm³/mol. The van der Waals surface area contributed by atoms with Gasteiger partial charge in [0.05, 0.1) is 6.54 Å². The zero-order valence-corrected chi connectivity index (χ0v) is 19.4. The number of aliphatic imine (C=N–C) groups is 1. The second-order valence-electron chi connectivity index (χ2n) is 8.40. The minimum Gasteiger partial charge on any atom is -0.355 e. The molecular formula is C18H38IN5O. The van der Waals surface area contributed by atoms with Gasteiger partial charge < -0.3 is 20.9 Å². The number of nitrogens with zero attached hydrogens (tertiary/aromatic N) is 2. The lowest BCUT2D eigenvalue weighted by atomic mass is 9.75. The normalized spacial score (nSPS) is 24.5. The molecule has 2 atom stereocenters. The van der Waals surface area contributed by atoms with Gasteiger partial charge in [0.25, 0.3) is 0 Å². The summed E-state index contributed by atoms with van der Waals surface area (Å²) in [5, 5.41) is 9.47. The SMILES string of the molecule is CN=C(NCC(=O)NC(C)(C)C)NCC1(N(C)C)CCCC(C)C1.I. The second-order valence-corrected chi connectivity index (χ2v) is 8.40. The summed E-state index contributed by atoms with van der Waals surface area (Å²) in [6.07, 6.45) is 4.96. The number of guanidine groups is 1. The summed E-state index contributed by atoms with van der Waals surface area (Å²) in [5.74, 6) is 1.40. The van der Waals surface area contributed by atoms with Crippen LogP contribution in [0.1, 0.15) is 53.4 Å². The third-order valence-corrected chi connectivity index (χ3v) is 4.76. The molecule has 1 aliphatic rings. The Morgan fingerprint density at radius 1 is 1.28 bits per heavy atom. The third kappa shape index (κ3) is 8.57. The van der Waals surface area contributed by atoms with E-state index in [0.29, 0.717) is 5.96 Å². The maximum absolute atomic E-state index is 11.9. The molecular weight excluding hydrogens is 429 g/mol. The van der Waals surface area contributed by atoms with Crippen LogP contribution in [0.15, 0.2) is 4.99 Å². The maximum atomic E-state index is 11.9. The van der Waals surface area contributed by atoms with Gasteiger partial charge in [-0.05, 0) is 53.6 Å². The number of carbonyl (C=O) groups is 1. The third-order valence-electron chi connectivity index (χ3n) is 4.76. The Morgan fingerprint density at radius 3 is 2.40 bits per heavy atom. The molecule has 1 saturated carbocycles. The van der Waals surface area contributed by atoms with E-state index in [-0.39, 0.29) is 47.5 Å². The van der Waals surface area contributed by atoms with Crippen LogP contribution in [0.4, 0.5) is 0 Å². The van der Waals surface area contributed by atoms with Crippen molar-refractivity contribution in [1.29, 1.82) is 0 Å². The van der Waals surface area contributed by atoms with Crippen molar-refractivity contribution >= 4 is 35.8 Å². The minimum atomic E-state index is -0.219. The molecule has 1 aliphatic carbocycles. The van der Waals surface area contributed by atoms with Crippen molar-refractivity contribution in [2.75, 3.05) is 34.2 Å². The Kier molecular flexibility index (Phi) is 10.3. The van der Waals surface area contributed by atoms with Crippen LogP contribution in [0.25, 0.3) is 0 Å². The molecule has 3 N–H and O–H groups in total. The van der Waals surface area contributed by atoms with E-state index >= 15 is 0 Å². The highest BCUT2D eigenvalue weighted by Gasteiger charge is 2.36. The van der Waals surface area contributed by atoms with Crippen LogP contribution in [0.5, 0.6) is 0 Å². The van der Waals surface area contributed by atoms with Gasteiger partial charge in [0.1, 0.15) is 0 Å². The van der Waals surface area contributed by atoms with Gasteiger partial charge in [-0.1, -0.05) is 19.8 Å². The molecule has 0 heterocycles. The number of likely N-dealkylation sites (N-methyl/N-ethyl adjacent to an activating group) is 1. The Bertz CT molecular complexity index is 447. The van der Waals surface area contributed by atoms with E-state index in [1.54, 1.807) is 7.05 Å². The van der Waals surface area contributed by atoms with Gasteiger partial charge in [0.2, 0.25) is 5.91 Å². The van der Waals surface area contributed by atoms with Crippen molar-refractivity contribution in [3.63, 3.8) is 0 Å². The Hall–Kier alpha value is -0.570. The molecule has 148 valence electrons. The van der Waals surface area contributed by atoms with Gasteiger partial charge in [0, 0.05) is 24.7 Å². The van der Waals surface area contributed by atoms with Gasteiger partial charge in [-0.2, -0.15) is 0 Å². The zero-order valence-electron chi connectivity index (χ0n) is 17.0. The summed E-state index contributed by atoms with van der Waals surface area (Å²) in [6.45, 7) is 9.32. The first-order chi connectivity index (χ1) is 11.1. The molecule has 0 bridgehead atoms. The fourth-order valence-corrected chi connectivity index (χ4v) is 3.45. The summed E-state index contributed by atoms with van der Waals surface area (Å²) in [4.78, 5) is 18.5. The largest absolute Gasteiger partial charge is 0.355 e. The van der Waals surface area contributed by atoms with Crippen LogP contribution in [-0.4, -0.2) is 62.1 Å². The smallest absolute Gasteiger partial charge is 0.239 e. The average Bonchev–Trinajstić information content (AvgIpc) is 2.45. The lowest BCUT2D eigenvalue weighted by molar-refractivity contribution is -0.121.